The maximum atomic E-state index is 11.0. The molecule has 4 nitrogen and oxygen atoms in total. The van der Waals surface area contributed by atoms with Crippen molar-refractivity contribution in [1.29, 1.82) is 0 Å². The Hall–Kier alpha value is 0.622. The predicted octanol–water partition coefficient (Wildman–Crippen LogP) is -7.64. The molecule has 0 unspecified atom stereocenters. The molecule has 0 aromatic heterocycles. The molecule has 0 heterocycles. The molecule has 18 heavy (non-hydrogen) atoms. The van der Waals surface area contributed by atoms with Crippen molar-refractivity contribution in [2.24, 2.45) is 0 Å². The van der Waals surface area contributed by atoms with Crippen LogP contribution in [0, 0.1) is 0 Å². The molecule has 0 N–H and O–H groups in total. The summed E-state index contributed by atoms with van der Waals surface area (Å²) in [6.45, 7) is 0. The van der Waals surface area contributed by atoms with Crippen LogP contribution in [0.1, 0.15) is 5.56 Å². The second-order valence-electron chi connectivity index (χ2n) is 2.80. The van der Waals surface area contributed by atoms with E-state index >= 15 is 0 Å². The fraction of sp³-hybridized carbons (Fsp3) is 0.111. The van der Waals surface area contributed by atoms with Crippen molar-refractivity contribution in [3.63, 3.8) is 0 Å². The van der Waals surface area contributed by atoms with E-state index in [0.717, 1.165) is 12.3 Å². The van der Waals surface area contributed by atoms with E-state index in [1.807, 2.05) is 0 Å². The van der Waals surface area contributed by atoms with Crippen LogP contribution < -0.4 is 35.0 Å². The van der Waals surface area contributed by atoms with Gasteiger partial charge in [0.15, 0.2) is 9.84 Å². The minimum Gasteiger partial charge on any atom is -1.00 e. The number of benzene rings is 1. The Labute approximate surface area is 151 Å². The third kappa shape index (κ3) is 9.54. The third-order valence-electron chi connectivity index (χ3n) is 1.59. The van der Waals surface area contributed by atoms with E-state index in [1.54, 1.807) is 0 Å². The van der Waals surface area contributed by atoms with Gasteiger partial charge >= 0.3 is 46.1 Å². The molecule has 0 saturated carbocycles. The van der Waals surface area contributed by atoms with Crippen molar-refractivity contribution >= 4 is 62.0 Å². The molecule has 1 rings (SSSR count). The average Bonchev–Trinajstić information content (AvgIpc) is 2.02. The van der Waals surface area contributed by atoms with Crippen molar-refractivity contribution < 1.29 is 43.4 Å². The first-order valence-corrected chi connectivity index (χ1v) is 5.64. The van der Waals surface area contributed by atoms with Gasteiger partial charge in [0.1, 0.15) is 0 Å². The van der Waals surface area contributed by atoms with Gasteiger partial charge in [0.05, 0.1) is 4.90 Å². The number of sulfone groups is 1. The molecule has 0 spiro atoms. The van der Waals surface area contributed by atoms with Crippen molar-refractivity contribution in [2.45, 2.75) is 4.90 Å². The average molecular weight is 332 g/mol. The summed E-state index contributed by atoms with van der Waals surface area (Å²) in [6.07, 6.45) is 1.98. The van der Waals surface area contributed by atoms with E-state index in [-0.39, 0.29) is 75.8 Å². The van der Waals surface area contributed by atoms with E-state index in [9.17, 15) is 18.6 Å². The summed E-state index contributed by atoms with van der Waals surface area (Å²) in [5, 5.41) is 20.3. The van der Waals surface area contributed by atoms with Crippen LogP contribution in [0.15, 0.2) is 35.1 Å². The summed E-state index contributed by atoms with van der Waals surface area (Å²) >= 11 is 0. The number of hydrogen-bond acceptors (Lipinski definition) is 4. The SMILES string of the molecule is CS(=O)(=O)c1ccc(C=C([O-])[O-])cc1.[Cl-].[Cl-].[Mg+2].[Mg+2]. The molecule has 92 valence electrons. The van der Waals surface area contributed by atoms with Gasteiger partial charge in [-0.25, -0.2) is 14.4 Å². The van der Waals surface area contributed by atoms with Crippen LogP contribution >= 0.6 is 0 Å². The molecular weight excluding hydrogens is 324 g/mol. The van der Waals surface area contributed by atoms with Crippen LogP contribution in [0.5, 0.6) is 0 Å². The first-order chi connectivity index (χ1) is 6.39. The molecule has 0 aliphatic heterocycles. The second kappa shape index (κ2) is 11.4. The molecule has 0 saturated heterocycles. The van der Waals surface area contributed by atoms with Gasteiger partial charge in [-0.1, -0.05) is 18.2 Å². The Morgan fingerprint density at radius 2 is 1.44 bits per heavy atom. The first kappa shape index (κ1) is 27.0. The molecule has 1 aromatic carbocycles. The monoisotopic (exact) mass is 330 g/mol. The molecule has 0 radical (unpaired) electrons. The van der Waals surface area contributed by atoms with Crippen molar-refractivity contribution in [1.82, 2.24) is 0 Å². The van der Waals surface area contributed by atoms with Gasteiger partial charge in [-0.3, -0.25) is 0 Å². The number of hydrogen-bond donors (Lipinski definition) is 0. The number of halogens is 2. The van der Waals surface area contributed by atoms with Gasteiger partial charge in [0, 0.05) is 6.26 Å². The molecule has 0 aliphatic rings. The van der Waals surface area contributed by atoms with E-state index < -0.39 is 15.8 Å². The topological polar surface area (TPSA) is 80.3 Å². The van der Waals surface area contributed by atoms with Crippen LogP contribution in [0.4, 0.5) is 0 Å². The smallest absolute Gasteiger partial charge is 1.00 e. The summed E-state index contributed by atoms with van der Waals surface area (Å²) in [6, 6.07) is 5.52. The fourth-order valence-corrected chi connectivity index (χ4v) is 1.58. The minimum absolute atomic E-state index is 0. The Bertz CT molecular complexity index is 456. The zero-order valence-corrected chi connectivity index (χ0v) is 14.8. The molecule has 0 amide bonds. The number of rotatable bonds is 2. The first-order valence-electron chi connectivity index (χ1n) is 3.75. The zero-order chi connectivity index (χ0) is 10.8. The Morgan fingerprint density at radius 3 is 1.72 bits per heavy atom. The van der Waals surface area contributed by atoms with Crippen LogP contribution in [0.2, 0.25) is 0 Å². The maximum absolute atomic E-state index is 11.0. The fourth-order valence-electron chi connectivity index (χ4n) is 0.947. The summed E-state index contributed by atoms with van der Waals surface area (Å²) in [7, 11) is -3.22. The summed E-state index contributed by atoms with van der Waals surface area (Å²) < 4.78 is 22.1. The zero-order valence-electron chi connectivity index (χ0n) is 9.60. The van der Waals surface area contributed by atoms with E-state index in [0.29, 0.717) is 5.56 Å². The minimum atomic E-state index is -3.22. The third-order valence-corrected chi connectivity index (χ3v) is 2.72. The van der Waals surface area contributed by atoms with Crippen LogP contribution in [0.3, 0.4) is 0 Å². The van der Waals surface area contributed by atoms with Crippen LogP contribution in [-0.4, -0.2) is 60.8 Å². The molecule has 0 bridgehead atoms. The standard InChI is InChI=1S/C9H10O4S.2ClH.2Mg/c1-14(12,13)8-4-2-7(3-5-8)6-9(10)11;;;;/h2-6,10-11H,1H3;2*1H;;/q;;;2*+2/p-4. The summed E-state index contributed by atoms with van der Waals surface area (Å²) in [5.41, 5.74) is 0.400. The van der Waals surface area contributed by atoms with E-state index in [4.69, 9.17) is 0 Å². The summed E-state index contributed by atoms with van der Waals surface area (Å²) in [5.74, 6) is -1.31. The largest absolute Gasteiger partial charge is 2.00 e. The molecule has 1 aromatic rings. The second-order valence-corrected chi connectivity index (χ2v) is 4.82. The van der Waals surface area contributed by atoms with Gasteiger partial charge in [0.25, 0.3) is 0 Å². The Balaban J connectivity index is -0.000000245. The van der Waals surface area contributed by atoms with Crippen molar-refractivity contribution in [3.05, 3.63) is 35.8 Å². The molecule has 9 heteroatoms. The molecule has 0 fully saturated rings. The Kier molecular flexibility index (Phi) is 17.2. The maximum Gasteiger partial charge on any atom is 2.00 e. The van der Waals surface area contributed by atoms with Crippen molar-refractivity contribution in [3.8, 4) is 0 Å². The Morgan fingerprint density at radius 1 is 1.06 bits per heavy atom. The van der Waals surface area contributed by atoms with Gasteiger partial charge in [-0.2, -0.15) is 0 Å². The van der Waals surface area contributed by atoms with Gasteiger partial charge < -0.3 is 35.0 Å². The summed E-state index contributed by atoms with van der Waals surface area (Å²) in [4.78, 5) is 0.160. The van der Waals surface area contributed by atoms with E-state index in [2.05, 4.69) is 0 Å². The molecule has 0 aliphatic carbocycles. The van der Waals surface area contributed by atoms with Crippen LogP contribution in [0.25, 0.3) is 6.08 Å². The van der Waals surface area contributed by atoms with E-state index in [1.165, 1.54) is 24.3 Å². The van der Waals surface area contributed by atoms with Crippen LogP contribution in [-0.2, 0) is 9.84 Å². The van der Waals surface area contributed by atoms with Gasteiger partial charge in [0.2, 0.25) is 0 Å². The molecule has 0 atom stereocenters. The molecular formula is C9H8Cl2Mg2O4S. The van der Waals surface area contributed by atoms with Gasteiger partial charge in [-0.15, -0.1) is 0 Å². The van der Waals surface area contributed by atoms with Gasteiger partial charge in [-0.05, 0) is 17.7 Å². The normalized spacial score (nSPS) is 8.50. The van der Waals surface area contributed by atoms with Crippen molar-refractivity contribution in [2.75, 3.05) is 6.26 Å². The quantitative estimate of drug-likeness (QED) is 0.398. The predicted molar refractivity (Wildman–Crippen MR) is 59.0 cm³/mol.